The highest BCUT2D eigenvalue weighted by Crippen LogP contribution is 2.23. The quantitative estimate of drug-likeness (QED) is 0.674. The van der Waals surface area contributed by atoms with Crippen LogP contribution in [0.5, 0.6) is 0 Å². The average Bonchev–Trinajstić information content (AvgIpc) is 2.53. The minimum absolute atomic E-state index is 0.0493. The molecule has 2 rings (SSSR count). The van der Waals surface area contributed by atoms with Crippen LogP contribution in [0.2, 0.25) is 5.02 Å². The lowest BCUT2D eigenvalue weighted by atomic mass is 10.3. The fraction of sp³-hybridized carbons (Fsp3) is 0.364. The third-order valence-electron chi connectivity index (χ3n) is 2.64. The first-order valence-electron chi connectivity index (χ1n) is 5.46. The fourth-order valence-electron chi connectivity index (χ4n) is 1.90. The van der Waals surface area contributed by atoms with E-state index in [0.717, 1.165) is 15.2 Å². The minimum atomic E-state index is -4.44. The van der Waals surface area contributed by atoms with E-state index in [1.807, 2.05) is 13.0 Å². The molecule has 2 aromatic rings. The number of rotatable bonds is 4. The van der Waals surface area contributed by atoms with Crippen molar-refractivity contribution < 1.29 is 22.6 Å². The van der Waals surface area contributed by atoms with Crippen LogP contribution in [0.4, 0.5) is 0 Å². The molecule has 0 aliphatic heterocycles. The zero-order valence-corrected chi connectivity index (χ0v) is 12.4. The van der Waals surface area contributed by atoms with Gasteiger partial charge in [-0.1, -0.05) is 22.9 Å². The van der Waals surface area contributed by atoms with Crippen molar-refractivity contribution in [3.8, 4) is 0 Å². The number of aliphatic hydroxyl groups is 1. The van der Waals surface area contributed by atoms with Crippen molar-refractivity contribution in [2.45, 2.75) is 19.6 Å². The summed E-state index contributed by atoms with van der Waals surface area (Å²) in [4.78, 5) is 0. The summed E-state index contributed by atoms with van der Waals surface area (Å²) >= 11 is 7.44. The molecule has 0 aliphatic carbocycles. The molecule has 104 valence electrons. The fourth-order valence-corrected chi connectivity index (χ4v) is 3.65. The number of nitrogens with zero attached hydrogens (tertiary/aromatic N) is 1. The summed E-state index contributed by atoms with van der Waals surface area (Å²) in [6, 6.07) is 5.38. The Hall–Kier alpha value is -0.730. The molecule has 19 heavy (non-hydrogen) atoms. The van der Waals surface area contributed by atoms with Crippen LogP contribution in [0.15, 0.2) is 18.2 Å². The number of thiazole rings is 1. The van der Waals surface area contributed by atoms with Crippen LogP contribution in [-0.4, -0.2) is 29.9 Å². The van der Waals surface area contributed by atoms with Crippen LogP contribution in [0.25, 0.3) is 10.2 Å². The summed E-state index contributed by atoms with van der Waals surface area (Å²) in [5.74, 6) is -0.794. The van der Waals surface area contributed by atoms with Crippen molar-refractivity contribution in [1.29, 1.82) is 0 Å². The molecule has 0 saturated carbocycles. The van der Waals surface area contributed by atoms with E-state index in [4.69, 9.17) is 11.6 Å². The summed E-state index contributed by atoms with van der Waals surface area (Å²) in [5.41, 5.74) is 0.817. The van der Waals surface area contributed by atoms with Gasteiger partial charge in [0.2, 0.25) is 10.5 Å². The summed E-state index contributed by atoms with van der Waals surface area (Å²) in [6.45, 7) is 1.91. The SMILES string of the molecule is Cc1sc2ccc(Cl)cc2[n+]1C[C@@H](O)CS(=O)(=O)[O-]. The van der Waals surface area contributed by atoms with Crippen LogP contribution in [0.1, 0.15) is 5.01 Å². The molecule has 1 atom stereocenters. The molecule has 5 nitrogen and oxygen atoms in total. The molecule has 0 spiro atoms. The maximum Gasteiger partial charge on any atom is 0.235 e. The Morgan fingerprint density at radius 3 is 2.84 bits per heavy atom. The number of aromatic nitrogens is 1. The van der Waals surface area contributed by atoms with Gasteiger partial charge in [0, 0.05) is 18.0 Å². The molecular weight excluding hydrogens is 310 g/mol. The topological polar surface area (TPSA) is 81.3 Å². The van der Waals surface area contributed by atoms with Crippen molar-refractivity contribution in [3.63, 3.8) is 0 Å². The van der Waals surface area contributed by atoms with Crippen molar-refractivity contribution in [1.82, 2.24) is 0 Å². The number of hydrogen-bond donors (Lipinski definition) is 1. The molecule has 1 aromatic heterocycles. The van der Waals surface area contributed by atoms with Crippen LogP contribution >= 0.6 is 22.9 Å². The Bertz CT molecular complexity index is 711. The van der Waals surface area contributed by atoms with Crippen LogP contribution < -0.4 is 4.57 Å². The second-order valence-electron chi connectivity index (χ2n) is 4.22. The Morgan fingerprint density at radius 1 is 1.53 bits per heavy atom. The Labute approximate surface area is 119 Å². The first kappa shape index (κ1) is 14.7. The molecule has 1 heterocycles. The van der Waals surface area contributed by atoms with Gasteiger partial charge < -0.3 is 9.66 Å². The molecule has 1 N–H and O–H groups in total. The summed E-state index contributed by atoms with van der Waals surface area (Å²) in [6.07, 6.45) is -1.23. The van der Waals surface area contributed by atoms with Gasteiger partial charge in [0.05, 0.1) is 15.9 Å². The normalized spacial score (nSPS) is 13.9. The van der Waals surface area contributed by atoms with Crippen molar-refractivity contribution in [2.24, 2.45) is 0 Å². The van der Waals surface area contributed by atoms with Gasteiger partial charge in [0.15, 0.2) is 6.54 Å². The van der Waals surface area contributed by atoms with E-state index in [-0.39, 0.29) is 6.54 Å². The third-order valence-corrected chi connectivity index (χ3v) is 4.75. The molecule has 1 aromatic carbocycles. The summed E-state index contributed by atoms with van der Waals surface area (Å²) in [5, 5.41) is 11.1. The maximum atomic E-state index is 10.6. The van der Waals surface area contributed by atoms with E-state index >= 15 is 0 Å². The Kier molecular flexibility index (Phi) is 4.12. The maximum absolute atomic E-state index is 10.6. The van der Waals surface area contributed by atoms with Gasteiger partial charge in [-0.05, 0) is 12.1 Å². The van der Waals surface area contributed by atoms with Crippen molar-refractivity contribution in [2.75, 3.05) is 5.75 Å². The van der Waals surface area contributed by atoms with Gasteiger partial charge >= 0.3 is 0 Å². The largest absolute Gasteiger partial charge is 0.748 e. The number of halogens is 1. The number of aryl methyl sites for hydroxylation is 1. The van der Waals surface area contributed by atoms with E-state index < -0.39 is 22.0 Å². The van der Waals surface area contributed by atoms with E-state index in [2.05, 4.69) is 0 Å². The van der Waals surface area contributed by atoms with Gasteiger partial charge in [0.1, 0.15) is 10.8 Å². The van der Waals surface area contributed by atoms with Crippen LogP contribution in [-0.2, 0) is 16.7 Å². The molecule has 0 unspecified atom stereocenters. The lowest BCUT2D eigenvalue weighted by molar-refractivity contribution is -0.679. The number of hydrogen-bond acceptors (Lipinski definition) is 5. The zero-order chi connectivity index (χ0) is 14.2. The highest BCUT2D eigenvalue weighted by Gasteiger charge is 2.22. The number of benzene rings is 1. The Morgan fingerprint density at radius 2 is 2.21 bits per heavy atom. The van der Waals surface area contributed by atoms with Gasteiger partial charge in [-0.2, -0.15) is 4.57 Å². The third kappa shape index (κ3) is 3.64. The highest BCUT2D eigenvalue weighted by atomic mass is 35.5. The van der Waals surface area contributed by atoms with E-state index in [9.17, 15) is 18.1 Å². The number of fused-ring (bicyclic) bond motifs is 1. The molecule has 0 saturated heterocycles. The van der Waals surface area contributed by atoms with E-state index in [1.165, 1.54) is 11.3 Å². The Balaban J connectivity index is 2.34. The lowest BCUT2D eigenvalue weighted by Gasteiger charge is -2.10. The smallest absolute Gasteiger partial charge is 0.235 e. The molecular formula is C11H12ClNO4S2. The van der Waals surface area contributed by atoms with E-state index in [0.29, 0.717) is 5.02 Å². The second kappa shape index (κ2) is 5.34. The van der Waals surface area contributed by atoms with Gasteiger partial charge in [-0.25, -0.2) is 8.42 Å². The highest BCUT2D eigenvalue weighted by molar-refractivity contribution is 7.85. The van der Waals surface area contributed by atoms with E-state index in [1.54, 1.807) is 16.7 Å². The first-order valence-corrected chi connectivity index (χ1v) is 8.23. The second-order valence-corrected chi connectivity index (χ2v) is 7.34. The lowest BCUT2D eigenvalue weighted by Crippen LogP contribution is -2.43. The monoisotopic (exact) mass is 321 g/mol. The van der Waals surface area contributed by atoms with Crippen molar-refractivity contribution >= 4 is 43.3 Å². The van der Waals surface area contributed by atoms with Gasteiger partial charge in [-0.3, -0.25) is 0 Å². The molecule has 0 amide bonds. The van der Waals surface area contributed by atoms with Crippen LogP contribution in [0.3, 0.4) is 0 Å². The minimum Gasteiger partial charge on any atom is -0.748 e. The van der Waals surface area contributed by atoms with Gasteiger partial charge in [-0.15, -0.1) is 0 Å². The van der Waals surface area contributed by atoms with Crippen molar-refractivity contribution in [3.05, 3.63) is 28.2 Å². The average molecular weight is 322 g/mol. The standard InChI is InChI=1S/C11H12ClNO4S2/c1-7-13(5-9(14)6-19(15,16)17)10-4-8(12)2-3-11(10)18-7/h2-4,9,14H,5-6H2,1H3/t9-/m1/s1. The molecule has 0 radical (unpaired) electrons. The van der Waals surface area contributed by atoms with Gasteiger partial charge in [0.25, 0.3) is 0 Å². The summed E-state index contributed by atoms with van der Waals surface area (Å²) < 4.78 is 34.6. The number of aliphatic hydroxyl groups excluding tert-OH is 1. The molecule has 0 aliphatic rings. The molecule has 0 bridgehead atoms. The summed E-state index contributed by atoms with van der Waals surface area (Å²) in [7, 11) is -4.44. The predicted molar refractivity (Wildman–Crippen MR) is 72.3 cm³/mol. The predicted octanol–water partition coefficient (Wildman–Crippen LogP) is 1.06. The molecule has 0 fully saturated rings. The first-order chi connectivity index (χ1) is 8.76. The van der Waals surface area contributed by atoms with Crippen LogP contribution in [0, 0.1) is 6.92 Å². The molecule has 8 heteroatoms. The zero-order valence-electron chi connectivity index (χ0n) is 10.0.